The molecular weight excluding hydrogens is 174 g/mol. The summed E-state index contributed by atoms with van der Waals surface area (Å²) in [6, 6.07) is 8.32. The van der Waals surface area contributed by atoms with Crippen molar-refractivity contribution in [2.24, 2.45) is 0 Å². The van der Waals surface area contributed by atoms with Crippen molar-refractivity contribution in [2.75, 3.05) is 19.0 Å². The van der Waals surface area contributed by atoms with Crippen LogP contribution in [-0.4, -0.2) is 25.3 Å². The van der Waals surface area contributed by atoms with Crippen LogP contribution < -0.4 is 4.90 Å². The van der Waals surface area contributed by atoms with E-state index in [4.69, 9.17) is 0 Å². The Morgan fingerprint density at radius 1 is 1.21 bits per heavy atom. The maximum Gasteiger partial charge on any atom is 0.0577 e. The molecule has 14 heavy (non-hydrogen) atoms. The second-order valence-corrected chi connectivity index (χ2v) is 3.83. The van der Waals surface area contributed by atoms with E-state index in [0.29, 0.717) is 0 Å². The molecule has 0 aliphatic heterocycles. The molecule has 0 radical (unpaired) electrons. The van der Waals surface area contributed by atoms with E-state index in [-0.39, 0.29) is 6.10 Å². The minimum Gasteiger partial charge on any atom is -0.393 e. The lowest BCUT2D eigenvalue weighted by Gasteiger charge is -2.13. The summed E-state index contributed by atoms with van der Waals surface area (Å²) in [6.45, 7) is 2.00. The average Bonchev–Trinajstić information content (AvgIpc) is 2.18. The molecule has 0 heterocycles. The van der Waals surface area contributed by atoms with Gasteiger partial charge in [0, 0.05) is 19.8 Å². The summed E-state index contributed by atoms with van der Waals surface area (Å²) in [5.41, 5.74) is 2.39. The summed E-state index contributed by atoms with van der Waals surface area (Å²) >= 11 is 0. The predicted octanol–water partition coefficient (Wildman–Crippen LogP) is 2.07. The van der Waals surface area contributed by atoms with Crippen molar-refractivity contribution in [1.82, 2.24) is 0 Å². The fourth-order valence-corrected chi connectivity index (χ4v) is 1.35. The van der Waals surface area contributed by atoms with Crippen molar-refractivity contribution < 1.29 is 5.11 Å². The van der Waals surface area contributed by atoms with Gasteiger partial charge in [0.15, 0.2) is 0 Å². The van der Waals surface area contributed by atoms with Crippen LogP contribution in [0.15, 0.2) is 24.3 Å². The van der Waals surface area contributed by atoms with E-state index in [9.17, 15) is 5.11 Å². The first kappa shape index (κ1) is 11.1. The highest BCUT2D eigenvalue weighted by atomic mass is 16.3. The fraction of sp³-hybridized carbons (Fsp3) is 0.500. The van der Waals surface area contributed by atoms with Crippen LogP contribution in [-0.2, 0) is 6.42 Å². The zero-order valence-corrected chi connectivity index (χ0v) is 9.20. The van der Waals surface area contributed by atoms with E-state index in [1.165, 1.54) is 11.3 Å². The number of aliphatic hydroxyl groups is 1. The lowest BCUT2D eigenvalue weighted by molar-refractivity contribution is 0.171. The van der Waals surface area contributed by atoms with E-state index in [2.05, 4.69) is 29.2 Å². The highest BCUT2D eigenvalue weighted by Gasteiger charge is 2.02. The van der Waals surface area contributed by atoms with E-state index < -0.39 is 0 Å². The van der Waals surface area contributed by atoms with Crippen LogP contribution in [0.5, 0.6) is 0 Å². The molecule has 0 aliphatic carbocycles. The molecule has 0 aromatic heterocycles. The highest BCUT2D eigenvalue weighted by molar-refractivity contribution is 5.46. The van der Waals surface area contributed by atoms with Gasteiger partial charge in [-0.15, -0.1) is 0 Å². The van der Waals surface area contributed by atoms with Gasteiger partial charge >= 0.3 is 0 Å². The summed E-state index contributed by atoms with van der Waals surface area (Å²) in [6.07, 6.45) is 1.36. The Morgan fingerprint density at radius 3 is 2.21 bits per heavy atom. The zero-order valence-electron chi connectivity index (χ0n) is 9.20. The molecule has 0 unspecified atom stereocenters. The molecule has 2 heteroatoms. The number of hydrogen-bond acceptors (Lipinski definition) is 2. The third-order valence-corrected chi connectivity index (χ3v) is 2.40. The summed E-state index contributed by atoms with van der Waals surface area (Å²) in [4.78, 5) is 2.07. The summed E-state index contributed by atoms with van der Waals surface area (Å²) in [5.74, 6) is 0. The molecule has 1 atom stereocenters. The number of nitrogens with zero attached hydrogens (tertiary/aromatic N) is 1. The topological polar surface area (TPSA) is 23.5 Å². The van der Waals surface area contributed by atoms with Crippen LogP contribution in [0.1, 0.15) is 18.9 Å². The van der Waals surface area contributed by atoms with Crippen molar-refractivity contribution in [3.8, 4) is 0 Å². The van der Waals surface area contributed by atoms with Gasteiger partial charge in [-0.25, -0.2) is 0 Å². The number of rotatable bonds is 4. The Labute approximate surface area is 86.2 Å². The van der Waals surface area contributed by atoms with Gasteiger partial charge in [0.05, 0.1) is 6.10 Å². The number of benzene rings is 1. The molecule has 1 N–H and O–H groups in total. The lowest BCUT2D eigenvalue weighted by atomic mass is 10.1. The van der Waals surface area contributed by atoms with Crippen LogP contribution in [0.2, 0.25) is 0 Å². The monoisotopic (exact) mass is 193 g/mol. The minimum absolute atomic E-state index is 0.208. The van der Waals surface area contributed by atoms with E-state index in [0.717, 1.165) is 12.8 Å². The summed E-state index contributed by atoms with van der Waals surface area (Å²) < 4.78 is 0. The number of hydrogen-bond donors (Lipinski definition) is 1. The molecule has 78 valence electrons. The van der Waals surface area contributed by atoms with Gasteiger partial charge in [-0.2, -0.15) is 0 Å². The van der Waals surface area contributed by atoms with Gasteiger partial charge in [-0.3, -0.25) is 0 Å². The van der Waals surface area contributed by atoms with Gasteiger partial charge in [0.25, 0.3) is 0 Å². The van der Waals surface area contributed by atoms with Crippen molar-refractivity contribution in [1.29, 1.82) is 0 Å². The van der Waals surface area contributed by atoms with Crippen molar-refractivity contribution in [3.05, 3.63) is 29.8 Å². The Morgan fingerprint density at radius 2 is 1.79 bits per heavy atom. The Balaban J connectivity index is 2.64. The molecule has 1 aromatic rings. The quantitative estimate of drug-likeness (QED) is 0.791. The first-order valence-electron chi connectivity index (χ1n) is 5.07. The molecule has 0 saturated carbocycles. The van der Waals surface area contributed by atoms with Crippen molar-refractivity contribution in [2.45, 2.75) is 25.9 Å². The van der Waals surface area contributed by atoms with Gasteiger partial charge in [-0.05, 0) is 30.5 Å². The molecule has 0 saturated heterocycles. The third kappa shape index (κ3) is 3.04. The standard InChI is InChI=1S/C12H19NO/c1-4-12(14)9-10-5-7-11(8-6-10)13(2)3/h5-8,12,14H,4,9H2,1-3H3/t12-/m1/s1. The minimum atomic E-state index is -0.208. The molecule has 1 aromatic carbocycles. The Hall–Kier alpha value is -1.02. The first-order valence-corrected chi connectivity index (χ1v) is 5.07. The molecule has 1 rings (SSSR count). The average molecular weight is 193 g/mol. The second-order valence-electron chi connectivity index (χ2n) is 3.83. The summed E-state index contributed by atoms with van der Waals surface area (Å²) in [5, 5.41) is 9.48. The van der Waals surface area contributed by atoms with Crippen LogP contribution in [0.4, 0.5) is 5.69 Å². The van der Waals surface area contributed by atoms with Gasteiger partial charge in [-0.1, -0.05) is 19.1 Å². The second kappa shape index (κ2) is 5.01. The molecule has 0 spiro atoms. The maximum absolute atomic E-state index is 9.48. The third-order valence-electron chi connectivity index (χ3n) is 2.40. The van der Waals surface area contributed by atoms with Crippen molar-refractivity contribution >= 4 is 5.69 Å². The smallest absolute Gasteiger partial charge is 0.0577 e. The van der Waals surface area contributed by atoms with E-state index in [1.807, 2.05) is 21.0 Å². The van der Waals surface area contributed by atoms with Gasteiger partial charge < -0.3 is 10.0 Å². The highest BCUT2D eigenvalue weighted by Crippen LogP contribution is 2.13. The number of anilines is 1. The lowest BCUT2D eigenvalue weighted by Crippen LogP contribution is -2.10. The Kier molecular flexibility index (Phi) is 3.96. The fourth-order valence-electron chi connectivity index (χ4n) is 1.35. The normalized spacial score (nSPS) is 12.6. The molecule has 2 nitrogen and oxygen atoms in total. The van der Waals surface area contributed by atoms with E-state index >= 15 is 0 Å². The SMILES string of the molecule is CC[C@@H](O)Cc1ccc(N(C)C)cc1. The van der Waals surface area contributed by atoms with Gasteiger partial charge in [0.1, 0.15) is 0 Å². The number of aliphatic hydroxyl groups excluding tert-OH is 1. The first-order chi connectivity index (χ1) is 6.63. The molecule has 0 amide bonds. The molecule has 0 aliphatic rings. The zero-order chi connectivity index (χ0) is 10.6. The van der Waals surface area contributed by atoms with Crippen LogP contribution in [0.3, 0.4) is 0 Å². The summed E-state index contributed by atoms with van der Waals surface area (Å²) in [7, 11) is 4.05. The predicted molar refractivity (Wildman–Crippen MR) is 60.8 cm³/mol. The van der Waals surface area contributed by atoms with E-state index in [1.54, 1.807) is 0 Å². The largest absolute Gasteiger partial charge is 0.393 e. The Bertz CT molecular complexity index is 266. The van der Waals surface area contributed by atoms with Crippen LogP contribution in [0.25, 0.3) is 0 Å². The van der Waals surface area contributed by atoms with Crippen LogP contribution >= 0.6 is 0 Å². The molecule has 0 fully saturated rings. The maximum atomic E-state index is 9.48. The van der Waals surface area contributed by atoms with Gasteiger partial charge in [0.2, 0.25) is 0 Å². The van der Waals surface area contributed by atoms with Crippen LogP contribution in [0, 0.1) is 0 Å². The van der Waals surface area contributed by atoms with Crippen molar-refractivity contribution in [3.63, 3.8) is 0 Å². The molecular formula is C12H19NO. The molecule has 0 bridgehead atoms.